The lowest BCUT2D eigenvalue weighted by Crippen LogP contribution is -2.57. The molecule has 1 heterocycles. The fourth-order valence-corrected chi connectivity index (χ4v) is 3.00. The highest BCUT2D eigenvalue weighted by molar-refractivity contribution is 5.95. The van der Waals surface area contributed by atoms with E-state index < -0.39 is 97.9 Å². The Kier molecular flexibility index (Phi) is 12.2. The van der Waals surface area contributed by atoms with Gasteiger partial charge in [0, 0.05) is 31.2 Å². The molecule has 4 atom stereocenters. The zero-order chi connectivity index (χ0) is 28.1. The highest BCUT2D eigenvalue weighted by Crippen LogP contribution is 2.05. The second-order valence-electron chi connectivity index (χ2n) is 7.87. The van der Waals surface area contributed by atoms with Crippen molar-refractivity contribution in [3.05, 3.63) is 18.2 Å². The quantitative estimate of drug-likeness (QED) is 0.0976. The van der Waals surface area contributed by atoms with E-state index in [1.165, 1.54) is 12.5 Å². The van der Waals surface area contributed by atoms with Crippen LogP contribution in [0.25, 0.3) is 0 Å². The Bertz CT molecular complexity index is 997. The van der Waals surface area contributed by atoms with Crippen molar-refractivity contribution in [2.75, 3.05) is 0 Å². The smallest absolute Gasteiger partial charge is 0.326 e. The molecule has 0 fully saturated rings. The highest BCUT2D eigenvalue weighted by atomic mass is 16.4. The van der Waals surface area contributed by atoms with Gasteiger partial charge in [0.2, 0.25) is 17.7 Å². The molecular weight excluding hydrogens is 500 g/mol. The number of imidazole rings is 1. The molecule has 0 aromatic carbocycles. The zero-order valence-electron chi connectivity index (χ0n) is 19.4. The normalized spacial score (nSPS) is 13.9. The number of nitrogens with two attached hydrogens (primary N) is 1. The largest absolute Gasteiger partial charge is 0.481 e. The molecule has 0 saturated carbocycles. The number of carbonyl (C=O) groups is 7. The molecular formula is C20H28N6O11. The van der Waals surface area contributed by atoms with Crippen molar-refractivity contribution in [1.29, 1.82) is 0 Å². The molecule has 1 rings (SSSR count). The Morgan fingerprint density at radius 1 is 0.784 bits per heavy atom. The number of nitrogens with one attached hydrogen (secondary N) is 4. The number of rotatable bonds is 17. The van der Waals surface area contributed by atoms with Gasteiger partial charge in [0.15, 0.2) is 0 Å². The maximum atomic E-state index is 12.8. The van der Waals surface area contributed by atoms with Gasteiger partial charge in [-0.3, -0.25) is 28.8 Å². The summed E-state index contributed by atoms with van der Waals surface area (Å²) < 4.78 is 0. The molecule has 1 aromatic heterocycles. The summed E-state index contributed by atoms with van der Waals surface area (Å²) in [5.74, 6) is -8.96. The van der Waals surface area contributed by atoms with Crippen LogP contribution in [0.2, 0.25) is 0 Å². The maximum absolute atomic E-state index is 12.8. The number of aromatic amines is 1. The fourth-order valence-electron chi connectivity index (χ4n) is 3.00. The number of amides is 3. The van der Waals surface area contributed by atoms with Crippen LogP contribution in [0.3, 0.4) is 0 Å². The van der Waals surface area contributed by atoms with Crippen molar-refractivity contribution < 1.29 is 54.0 Å². The minimum atomic E-state index is -1.72. The van der Waals surface area contributed by atoms with E-state index in [1.807, 2.05) is 5.32 Å². The fraction of sp³-hybridized carbons (Fsp3) is 0.500. The van der Waals surface area contributed by atoms with Crippen LogP contribution >= 0.6 is 0 Å². The topological polar surface area (TPSA) is 291 Å². The Labute approximate surface area is 208 Å². The number of hydrogen-bond donors (Lipinski definition) is 9. The molecule has 0 radical (unpaired) electrons. The Balaban J connectivity index is 2.99. The first kappa shape index (κ1) is 30.5. The Morgan fingerprint density at radius 3 is 1.78 bits per heavy atom. The van der Waals surface area contributed by atoms with Gasteiger partial charge in [0.1, 0.15) is 18.1 Å². The lowest BCUT2D eigenvalue weighted by Gasteiger charge is -2.24. The van der Waals surface area contributed by atoms with Gasteiger partial charge in [-0.15, -0.1) is 0 Å². The molecule has 10 N–H and O–H groups in total. The van der Waals surface area contributed by atoms with Gasteiger partial charge in [-0.25, -0.2) is 9.78 Å². The average Bonchev–Trinajstić information content (AvgIpc) is 3.30. The second-order valence-corrected chi connectivity index (χ2v) is 7.87. The van der Waals surface area contributed by atoms with Crippen LogP contribution in [0, 0.1) is 0 Å². The molecule has 4 unspecified atom stereocenters. The highest BCUT2D eigenvalue weighted by Gasteiger charge is 2.32. The van der Waals surface area contributed by atoms with E-state index in [2.05, 4.69) is 20.6 Å². The third-order valence-electron chi connectivity index (χ3n) is 4.88. The molecule has 0 spiro atoms. The van der Waals surface area contributed by atoms with Crippen molar-refractivity contribution >= 4 is 41.6 Å². The number of carboxylic acids is 4. The zero-order valence-corrected chi connectivity index (χ0v) is 19.4. The van der Waals surface area contributed by atoms with E-state index in [-0.39, 0.29) is 6.42 Å². The van der Waals surface area contributed by atoms with Crippen LogP contribution in [-0.4, -0.2) is 96.2 Å². The minimum absolute atomic E-state index is 0.0240. The van der Waals surface area contributed by atoms with Crippen LogP contribution in [0.15, 0.2) is 12.5 Å². The summed E-state index contributed by atoms with van der Waals surface area (Å²) in [7, 11) is 0. The van der Waals surface area contributed by atoms with E-state index in [0.29, 0.717) is 5.69 Å². The molecule has 3 amide bonds. The molecule has 0 bridgehead atoms. The number of hydrogen-bond acceptors (Lipinski definition) is 9. The van der Waals surface area contributed by atoms with E-state index in [1.54, 1.807) is 0 Å². The molecule has 0 aliphatic heterocycles. The van der Waals surface area contributed by atoms with Crippen molar-refractivity contribution in [2.45, 2.75) is 62.7 Å². The van der Waals surface area contributed by atoms with Crippen LogP contribution in [0.4, 0.5) is 0 Å². The van der Waals surface area contributed by atoms with Crippen LogP contribution in [0.1, 0.15) is 37.8 Å². The molecule has 1 aromatic rings. The van der Waals surface area contributed by atoms with Gasteiger partial charge in [0.25, 0.3) is 0 Å². The first-order valence-electron chi connectivity index (χ1n) is 10.8. The summed E-state index contributed by atoms with van der Waals surface area (Å²) in [6.07, 6.45) is -0.458. The third kappa shape index (κ3) is 11.6. The molecule has 204 valence electrons. The van der Waals surface area contributed by atoms with E-state index >= 15 is 0 Å². The van der Waals surface area contributed by atoms with Crippen molar-refractivity contribution in [3.8, 4) is 0 Å². The SMILES string of the molecule is NC(Cc1cnc[nH]1)C(=O)NC(CC(=O)O)C(=O)NC(CCC(=O)O)C(=O)NC(CCC(=O)O)C(=O)O. The first-order valence-corrected chi connectivity index (χ1v) is 10.8. The van der Waals surface area contributed by atoms with Gasteiger partial charge in [-0.2, -0.15) is 0 Å². The molecule has 17 heteroatoms. The van der Waals surface area contributed by atoms with Crippen LogP contribution in [-0.2, 0) is 40.0 Å². The predicted octanol–water partition coefficient (Wildman–Crippen LogP) is -2.98. The molecule has 0 aliphatic carbocycles. The first-order chi connectivity index (χ1) is 17.3. The van der Waals surface area contributed by atoms with E-state index in [4.69, 9.17) is 21.1 Å². The molecule has 0 saturated heterocycles. The standard InChI is InChI=1S/C20H28N6O11/c21-10(5-9-7-22-8-23-9)17(33)26-13(6-16(31)32)19(35)24-11(1-3-14(27)28)18(34)25-12(20(36)37)2-4-15(29)30/h7-8,10-13H,1-6,21H2,(H,22,23)(H,24,35)(H,25,34)(H,26,33)(H,27,28)(H,29,30)(H,31,32)(H,36,37). The molecule has 0 aliphatic rings. The van der Waals surface area contributed by atoms with Crippen LogP contribution < -0.4 is 21.7 Å². The van der Waals surface area contributed by atoms with Gasteiger partial charge >= 0.3 is 23.9 Å². The maximum Gasteiger partial charge on any atom is 0.326 e. The summed E-state index contributed by atoms with van der Waals surface area (Å²) in [5.41, 5.74) is 6.27. The Morgan fingerprint density at radius 2 is 1.30 bits per heavy atom. The van der Waals surface area contributed by atoms with Gasteiger partial charge in [0.05, 0.1) is 18.8 Å². The second kappa shape index (κ2) is 14.8. The summed E-state index contributed by atoms with van der Waals surface area (Å²) in [4.78, 5) is 88.7. The van der Waals surface area contributed by atoms with Crippen molar-refractivity contribution in [2.24, 2.45) is 5.73 Å². The predicted molar refractivity (Wildman–Crippen MR) is 120 cm³/mol. The number of nitrogens with zero attached hydrogens (tertiary/aromatic N) is 1. The van der Waals surface area contributed by atoms with Crippen molar-refractivity contribution in [1.82, 2.24) is 25.9 Å². The number of H-pyrrole nitrogens is 1. The number of carboxylic acid groups (broad SMARTS) is 4. The molecule has 17 nitrogen and oxygen atoms in total. The van der Waals surface area contributed by atoms with E-state index in [9.17, 15) is 38.7 Å². The number of aliphatic carboxylic acids is 4. The van der Waals surface area contributed by atoms with E-state index in [0.717, 1.165) is 0 Å². The number of carbonyl (C=O) groups excluding carboxylic acids is 3. The lowest BCUT2D eigenvalue weighted by molar-refractivity contribution is -0.144. The summed E-state index contributed by atoms with van der Waals surface area (Å²) in [6, 6.07) is -6.24. The van der Waals surface area contributed by atoms with Crippen LogP contribution in [0.5, 0.6) is 0 Å². The van der Waals surface area contributed by atoms with Gasteiger partial charge in [-0.1, -0.05) is 0 Å². The Hall–Kier alpha value is -4.54. The lowest BCUT2D eigenvalue weighted by atomic mass is 10.1. The third-order valence-corrected chi connectivity index (χ3v) is 4.88. The summed E-state index contributed by atoms with van der Waals surface area (Å²) in [5, 5.41) is 42.4. The minimum Gasteiger partial charge on any atom is -0.481 e. The number of aromatic nitrogens is 2. The summed E-state index contributed by atoms with van der Waals surface area (Å²) in [6.45, 7) is 0. The monoisotopic (exact) mass is 528 g/mol. The summed E-state index contributed by atoms with van der Waals surface area (Å²) >= 11 is 0. The van der Waals surface area contributed by atoms with Gasteiger partial charge in [-0.05, 0) is 12.8 Å². The average molecular weight is 528 g/mol. The van der Waals surface area contributed by atoms with Crippen molar-refractivity contribution in [3.63, 3.8) is 0 Å². The van der Waals surface area contributed by atoms with Gasteiger partial charge < -0.3 is 47.1 Å². The molecule has 37 heavy (non-hydrogen) atoms.